The molecule has 2 aliphatic carbocycles. The number of halogens is 1. The van der Waals surface area contributed by atoms with E-state index in [0.717, 1.165) is 95.3 Å². The standard InChI is InChI=1S/C59H69ClN8O9S/c1-38(2)47-6-4-5-7-48(47)54-35-65(34-40-8-11-43(12-9-40)76-45-36-75-37-45)24-25-67(54)42-29-59(30-42)20-22-66(23-21-59)41-10-14-49(55(26-41)77-44-27-50-51(60)33-63-56(50)62-32-44)57(69)64-78(73,74)46-13-15-52(53(28-46)68(71)72)61-31-39-16-18-58(3,70)19-17-39/h4-15,26-28,32-33,38-39,42,45,54,61,70H,16-25,29-31,34-37H2,1-3H3,(H,62,63)(H,64,69)/t39-,54-,58-/m0/s1. The first-order valence-corrected chi connectivity index (χ1v) is 29.2. The number of H-pyrrole nitrogens is 1. The first-order chi connectivity index (χ1) is 37.5. The Balaban J connectivity index is 0.774. The summed E-state index contributed by atoms with van der Waals surface area (Å²) in [5, 5.41) is 26.8. The number of carbonyl (C=O) groups is 1. The van der Waals surface area contributed by atoms with Crippen LogP contribution in [-0.2, 0) is 21.3 Å². The molecule has 0 radical (unpaired) electrons. The number of aromatic amines is 1. The summed E-state index contributed by atoms with van der Waals surface area (Å²) in [5.74, 6) is 0.885. The second kappa shape index (κ2) is 22.1. The highest BCUT2D eigenvalue weighted by Crippen LogP contribution is 2.53. The molecule has 0 unspecified atom stereocenters. The maximum atomic E-state index is 14.2. The lowest BCUT2D eigenvalue weighted by Crippen LogP contribution is -2.60. The van der Waals surface area contributed by atoms with Crippen molar-refractivity contribution in [1.29, 1.82) is 0 Å². The number of aromatic nitrogens is 2. The first kappa shape index (κ1) is 53.7. The molecule has 19 heteroatoms. The molecule has 5 heterocycles. The van der Waals surface area contributed by atoms with E-state index in [1.54, 1.807) is 24.4 Å². The molecule has 5 fully saturated rings. The number of aliphatic hydroxyl groups is 1. The third-order valence-corrected chi connectivity index (χ3v) is 18.7. The van der Waals surface area contributed by atoms with Gasteiger partial charge in [0, 0.05) is 87.3 Å². The minimum atomic E-state index is -4.62. The molecule has 0 bridgehead atoms. The first-order valence-electron chi connectivity index (χ1n) is 27.4. The number of fused-ring (bicyclic) bond motifs is 1. The van der Waals surface area contributed by atoms with Crippen molar-refractivity contribution in [2.75, 3.05) is 62.7 Å². The zero-order valence-electron chi connectivity index (χ0n) is 44.5. The van der Waals surface area contributed by atoms with Gasteiger partial charge in [0.1, 0.15) is 34.7 Å². The molecule has 2 aromatic heterocycles. The molecular weight excluding hydrogens is 1030 g/mol. The summed E-state index contributed by atoms with van der Waals surface area (Å²) < 4.78 is 47.7. The van der Waals surface area contributed by atoms with Gasteiger partial charge >= 0.3 is 0 Å². The molecule has 412 valence electrons. The van der Waals surface area contributed by atoms with Crippen LogP contribution in [0.3, 0.4) is 0 Å². The number of rotatable bonds is 17. The number of amides is 1. The van der Waals surface area contributed by atoms with E-state index in [4.69, 9.17) is 25.8 Å². The van der Waals surface area contributed by atoms with Crippen LogP contribution in [0.25, 0.3) is 11.0 Å². The number of pyridine rings is 1. The van der Waals surface area contributed by atoms with E-state index in [0.29, 0.717) is 60.6 Å². The van der Waals surface area contributed by atoms with Crippen LogP contribution in [0.5, 0.6) is 17.2 Å². The van der Waals surface area contributed by atoms with Crippen LogP contribution in [0.1, 0.15) is 111 Å². The molecule has 2 saturated carbocycles. The summed E-state index contributed by atoms with van der Waals surface area (Å²) >= 11 is 6.46. The number of piperazine rings is 1. The monoisotopic (exact) mass is 1100 g/mol. The fraction of sp³-hybridized carbons (Fsp3) is 0.458. The number of nitrogens with one attached hydrogen (secondary N) is 3. The lowest BCUT2D eigenvalue weighted by Gasteiger charge is -2.58. The number of nitrogens with zero attached hydrogens (tertiary/aromatic N) is 5. The number of sulfonamides is 1. The molecule has 3 aliphatic heterocycles. The number of hydrogen-bond donors (Lipinski definition) is 4. The average Bonchev–Trinajstić information content (AvgIpc) is 3.93. The molecule has 1 spiro atoms. The van der Waals surface area contributed by atoms with Crippen molar-refractivity contribution < 1.29 is 37.5 Å². The molecule has 3 saturated heterocycles. The lowest BCUT2D eigenvalue weighted by molar-refractivity contribution is -0.384. The Kier molecular flexibility index (Phi) is 15.2. The van der Waals surface area contributed by atoms with E-state index in [1.807, 2.05) is 13.0 Å². The highest BCUT2D eigenvalue weighted by atomic mass is 35.5. The zero-order valence-corrected chi connectivity index (χ0v) is 46.0. The van der Waals surface area contributed by atoms with E-state index in [2.05, 4.69) is 97.1 Å². The number of nitro groups is 1. The Morgan fingerprint density at radius 3 is 2.44 bits per heavy atom. The third kappa shape index (κ3) is 11.7. The zero-order chi connectivity index (χ0) is 54.3. The fourth-order valence-corrected chi connectivity index (χ4v) is 13.6. The van der Waals surface area contributed by atoms with Crippen LogP contribution in [-0.4, -0.2) is 114 Å². The summed E-state index contributed by atoms with van der Waals surface area (Å²) in [7, 11) is -4.62. The number of hydrogen-bond acceptors (Lipinski definition) is 14. The Morgan fingerprint density at radius 2 is 1.72 bits per heavy atom. The summed E-state index contributed by atoms with van der Waals surface area (Å²) in [5.41, 5.74) is 4.62. The maximum absolute atomic E-state index is 14.2. The van der Waals surface area contributed by atoms with Crippen LogP contribution < -0.4 is 24.4 Å². The largest absolute Gasteiger partial charge is 0.486 e. The van der Waals surface area contributed by atoms with Gasteiger partial charge in [-0.2, -0.15) is 0 Å². The summed E-state index contributed by atoms with van der Waals surface area (Å²) in [6.45, 7) is 13.5. The SMILES string of the molecule is CC(C)c1ccccc1[C@@H]1CN(Cc2ccc(OC3COC3)cc2)CCN1C1CC2(CCN(c3ccc(C(=O)NS(=O)(=O)c4ccc(NC[C@H]5CC[C@](C)(O)CC5)c([N+](=O)[O-])c4)c(Oc4cnc5[nH]cc(Cl)c5c4)c3)CC2)C1. The van der Waals surface area contributed by atoms with E-state index in [-0.39, 0.29) is 46.2 Å². The minimum Gasteiger partial charge on any atom is -0.486 e. The molecule has 1 amide bonds. The van der Waals surface area contributed by atoms with Crippen LogP contribution in [0.15, 0.2) is 108 Å². The molecule has 4 aromatic carbocycles. The normalized spacial score (nSPS) is 22.3. The van der Waals surface area contributed by atoms with Gasteiger partial charge in [-0.1, -0.05) is 61.8 Å². The van der Waals surface area contributed by atoms with E-state index in [1.165, 1.54) is 35.0 Å². The predicted octanol–water partition coefficient (Wildman–Crippen LogP) is 10.6. The van der Waals surface area contributed by atoms with Gasteiger partial charge in [0.25, 0.3) is 21.6 Å². The molecule has 1 atom stereocenters. The number of anilines is 2. The molecule has 5 aliphatic rings. The van der Waals surface area contributed by atoms with E-state index in [9.17, 15) is 28.4 Å². The Hall–Kier alpha value is -6.28. The van der Waals surface area contributed by atoms with Crippen molar-refractivity contribution in [3.63, 3.8) is 0 Å². The second-order valence-electron chi connectivity index (χ2n) is 22.9. The van der Waals surface area contributed by atoms with Gasteiger partial charge in [-0.25, -0.2) is 18.1 Å². The number of carbonyl (C=O) groups excluding carboxylic acids is 1. The van der Waals surface area contributed by atoms with Gasteiger partial charge in [0.05, 0.1) is 45.4 Å². The number of benzene rings is 4. The Labute approximate surface area is 460 Å². The van der Waals surface area contributed by atoms with Crippen LogP contribution >= 0.6 is 11.6 Å². The minimum absolute atomic E-state index is 0.0616. The fourth-order valence-electron chi connectivity index (χ4n) is 12.4. The van der Waals surface area contributed by atoms with Crippen molar-refractivity contribution in [3.8, 4) is 17.2 Å². The molecule has 11 rings (SSSR count). The highest BCUT2D eigenvalue weighted by molar-refractivity contribution is 7.90. The van der Waals surface area contributed by atoms with Crippen LogP contribution in [0, 0.1) is 21.4 Å². The number of ether oxygens (including phenoxy) is 3. The van der Waals surface area contributed by atoms with E-state index < -0.39 is 37.0 Å². The average molecular weight is 1100 g/mol. The van der Waals surface area contributed by atoms with Gasteiger partial charge in [-0.05, 0) is 135 Å². The van der Waals surface area contributed by atoms with Crippen molar-refractivity contribution in [2.24, 2.45) is 11.3 Å². The lowest BCUT2D eigenvalue weighted by atomic mass is 9.59. The van der Waals surface area contributed by atoms with Crippen molar-refractivity contribution in [3.05, 3.63) is 141 Å². The van der Waals surface area contributed by atoms with Gasteiger partial charge in [0.15, 0.2) is 0 Å². The summed E-state index contributed by atoms with van der Waals surface area (Å²) in [6.07, 6.45) is 10.3. The summed E-state index contributed by atoms with van der Waals surface area (Å²) in [6, 6.07) is 28.6. The molecule has 4 N–H and O–H groups in total. The Bertz CT molecular complexity index is 3270. The smallest absolute Gasteiger partial charge is 0.293 e. The molecule has 78 heavy (non-hydrogen) atoms. The highest BCUT2D eigenvalue weighted by Gasteiger charge is 2.50. The van der Waals surface area contributed by atoms with Gasteiger partial charge in [0.2, 0.25) is 0 Å². The molecule has 6 aromatic rings. The van der Waals surface area contributed by atoms with Gasteiger partial charge < -0.3 is 34.5 Å². The van der Waals surface area contributed by atoms with E-state index >= 15 is 0 Å². The second-order valence-corrected chi connectivity index (χ2v) is 25.0. The van der Waals surface area contributed by atoms with Crippen LogP contribution in [0.4, 0.5) is 17.1 Å². The van der Waals surface area contributed by atoms with Crippen molar-refractivity contribution in [2.45, 2.75) is 113 Å². The molecular formula is C59H69ClN8O9S. The quantitative estimate of drug-likeness (QED) is 0.0496. The maximum Gasteiger partial charge on any atom is 0.293 e. The van der Waals surface area contributed by atoms with Gasteiger partial charge in [-0.15, -0.1) is 0 Å². The van der Waals surface area contributed by atoms with Crippen molar-refractivity contribution >= 4 is 55.6 Å². The van der Waals surface area contributed by atoms with Crippen molar-refractivity contribution in [1.82, 2.24) is 24.5 Å². The third-order valence-electron chi connectivity index (χ3n) is 17.1. The number of nitro benzene ring substituents is 1. The Morgan fingerprint density at radius 1 is 0.962 bits per heavy atom. The topological polar surface area (TPSA) is 205 Å². The predicted molar refractivity (Wildman–Crippen MR) is 300 cm³/mol. The van der Waals surface area contributed by atoms with Crippen LogP contribution in [0.2, 0.25) is 5.02 Å². The van der Waals surface area contributed by atoms with Gasteiger partial charge in [-0.3, -0.25) is 24.7 Å². The summed E-state index contributed by atoms with van der Waals surface area (Å²) in [4.78, 5) is 40.5. The molecule has 17 nitrogen and oxygen atoms in total. The number of piperidine rings is 1.